The van der Waals surface area contributed by atoms with E-state index < -0.39 is 0 Å². The maximum Gasteiger partial charge on any atom is 0.318 e. The van der Waals surface area contributed by atoms with Gasteiger partial charge in [-0.05, 0) is 37.6 Å². The molecular weight excluding hydrogens is 356 g/mol. The molecule has 0 spiro atoms. The number of anilines is 1. The lowest BCUT2D eigenvalue weighted by molar-refractivity contribution is 0.0794. The zero-order valence-electron chi connectivity index (χ0n) is 16.9. The highest BCUT2D eigenvalue weighted by molar-refractivity contribution is 5.91. The van der Waals surface area contributed by atoms with Crippen LogP contribution in [-0.2, 0) is 6.54 Å². The highest BCUT2D eigenvalue weighted by Gasteiger charge is 2.28. The summed E-state index contributed by atoms with van der Waals surface area (Å²) in [5.74, 6) is 0.637. The molecule has 2 heterocycles. The van der Waals surface area contributed by atoms with Crippen molar-refractivity contribution >= 4 is 17.6 Å². The molecule has 1 fully saturated rings. The van der Waals surface area contributed by atoms with E-state index in [1.165, 1.54) is 16.2 Å². The molecule has 1 aromatic heterocycles. The van der Waals surface area contributed by atoms with Gasteiger partial charge in [0.05, 0.1) is 6.54 Å². The molecule has 0 aliphatic carbocycles. The van der Waals surface area contributed by atoms with Gasteiger partial charge in [0.25, 0.3) is 5.91 Å². The minimum absolute atomic E-state index is 0.0934. The number of nitrogens with one attached hydrogen (secondary N) is 1. The van der Waals surface area contributed by atoms with Crippen molar-refractivity contribution in [3.8, 4) is 0 Å². The van der Waals surface area contributed by atoms with Gasteiger partial charge in [-0.1, -0.05) is 18.2 Å². The quantitative estimate of drug-likeness (QED) is 0.880. The van der Waals surface area contributed by atoms with Crippen LogP contribution >= 0.6 is 0 Å². The first-order chi connectivity index (χ1) is 13.4. The Morgan fingerprint density at radius 3 is 2.61 bits per heavy atom. The number of hydrogen-bond donors (Lipinski definition) is 1. The lowest BCUT2D eigenvalue weighted by atomic mass is 10.1. The van der Waals surface area contributed by atoms with Crippen LogP contribution in [0.3, 0.4) is 0 Å². The molecule has 28 heavy (non-hydrogen) atoms. The zero-order valence-corrected chi connectivity index (χ0v) is 16.9. The summed E-state index contributed by atoms with van der Waals surface area (Å²) >= 11 is 0. The Hall–Kier alpha value is -2.96. The Kier molecular flexibility index (Phi) is 5.92. The summed E-state index contributed by atoms with van der Waals surface area (Å²) in [6, 6.07) is 11.6. The third-order valence-electron chi connectivity index (χ3n) is 5.04. The topological polar surface area (TPSA) is 69.0 Å². The van der Waals surface area contributed by atoms with Crippen LogP contribution in [0.15, 0.2) is 40.8 Å². The van der Waals surface area contributed by atoms with Crippen molar-refractivity contribution in [2.24, 2.45) is 0 Å². The van der Waals surface area contributed by atoms with Crippen LogP contribution in [0.25, 0.3) is 0 Å². The van der Waals surface area contributed by atoms with Crippen LogP contribution in [-0.4, -0.2) is 61.5 Å². The molecule has 0 bridgehead atoms. The van der Waals surface area contributed by atoms with E-state index in [2.05, 4.69) is 36.2 Å². The summed E-state index contributed by atoms with van der Waals surface area (Å²) in [5, 5.41) is 2.90. The Labute approximate surface area is 165 Å². The number of para-hydroxylation sites is 1. The first kappa shape index (κ1) is 19.8. The molecule has 7 nitrogen and oxygen atoms in total. The van der Waals surface area contributed by atoms with Crippen LogP contribution in [0, 0.1) is 6.92 Å². The van der Waals surface area contributed by atoms with Crippen molar-refractivity contribution in [1.29, 1.82) is 0 Å². The van der Waals surface area contributed by atoms with Crippen molar-refractivity contribution in [2.75, 3.05) is 38.6 Å². The summed E-state index contributed by atoms with van der Waals surface area (Å²) < 4.78 is 5.53. The number of urea groups is 1. The Morgan fingerprint density at radius 1 is 1.18 bits per heavy atom. The zero-order chi connectivity index (χ0) is 20.3. The number of furan rings is 1. The van der Waals surface area contributed by atoms with Gasteiger partial charge in [-0.3, -0.25) is 4.79 Å². The molecule has 1 saturated heterocycles. The van der Waals surface area contributed by atoms with Gasteiger partial charge in [0, 0.05) is 45.5 Å². The molecule has 0 saturated carbocycles. The highest BCUT2D eigenvalue weighted by atomic mass is 16.4. The molecule has 150 valence electrons. The minimum Gasteiger partial charge on any atom is -0.454 e. The first-order valence-corrected chi connectivity index (χ1v) is 9.52. The molecule has 3 rings (SSSR count). The van der Waals surface area contributed by atoms with E-state index in [0.29, 0.717) is 12.3 Å². The van der Waals surface area contributed by atoms with E-state index >= 15 is 0 Å². The molecule has 1 unspecified atom stereocenters. The lowest BCUT2D eigenvalue weighted by Gasteiger charge is -2.41. The largest absolute Gasteiger partial charge is 0.454 e. The fraction of sp³-hybridized carbons (Fsp3) is 0.429. The SMILES string of the molecule is Cc1ccccc1N1CCN(C(=O)NCc2ccc(C(=O)N(C)C)o2)C(C)C1. The molecule has 0 radical (unpaired) electrons. The molecule has 3 amide bonds. The number of amides is 3. The van der Waals surface area contributed by atoms with Crippen molar-refractivity contribution in [1.82, 2.24) is 15.1 Å². The summed E-state index contributed by atoms with van der Waals surface area (Å²) in [6.45, 7) is 6.67. The average molecular weight is 384 g/mol. The Morgan fingerprint density at radius 2 is 1.93 bits per heavy atom. The van der Waals surface area contributed by atoms with Gasteiger partial charge in [-0.2, -0.15) is 0 Å². The van der Waals surface area contributed by atoms with Crippen molar-refractivity contribution in [3.63, 3.8) is 0 Å². The summed E-state index contributed by atoms with van der Waals surface area (Å²) in [7, 11) is 3.34. The van der Waals surface area contributed by atoms with Gasteiger partial charge < -0.3 is 24.4 Å². The summed E-state index contributed by atoms with van der Waals surface area (Å²) in [4.78, 5) is 30.1. The van der Waals surface area contributed by atoms with Gasteiger partial charge in [-0.15, -0.1) is 0 Å². The Balaban J connectivity index is 1.54. The summed E-state index contributed by atoms with van der Waals surface area (Å²) in [5.41, 5.74) is 2.47. The number of rotatable bonds is 4. The second-order valence-corrected chi connectivity index (χ2v) is 7.40. The standard InChI is InChI=1S/C21H28N4O3/c1-15-7-5-6-8-18(15)24-11-12-25(16(2)14-24)21(27)22-13-17-9-10-19(28-17)20(26)23(3)4/h5-10,16H,11-14H2,1-4H3,(H,22,27). The van der Waals surface area contributed by atoms with E-state index in [0.717, 1.165) is 13.1 Å². The number of benzene rings is 1. The van der Waals surface area contributed by atoms with E-state index in [1.807, 2.05) is 17.0 Å². The van der Waals surface area contributed by atoms with E-state index in [-0.39, 0.29) is 30.3 Å². The first-order valence-electron chi connectivity index (χ1n) is 9.52. The molecule has 1 aromatic carbocycles. The van der Waals surface area contributed by atoms with E-state index in [1.54, 1.807) is 26.2 Å². The summed E-state index contributed by atoms with van der Waals surface area (Å²) in [6.07, 6.45) is 0. The predicted octanol–water partition coefficient (Wildman–Crippen LogP) is 2.71. The second kappa shape index (κ2) is 8.37. The van der Waals surface area contributed by atoms with Crippen LogP contribution in [0.2, 0.25) is 0 Å². The minimum atomic E-state index is -0.196. The molecule has 1 aliphatic heterocycles. The average Bonchev–Trinajstić information content (AvgIpc) is 3.14. The molecular formula is C21H28N4O3. The van der Waals surface area contributed by atoms with Gasteiger partial charge in [-0.25, -0.2) is 4.79 Å². The Bertz CT molecular complexity index is 846. The van der Waals surface area contributed by atoms with Gasteiger partial charge in [0.15, 0.2) is 5.76 Å². The lowest BCUT2D eigenvalue weighted by Crippen LogP contribution is -2.56. The number of piperazine rings is 1. The third kappa shape index (κ3) is 4.30. The molecule has 7 heteroatoms. The number of hydrogen-bond acceptors (Lipinski definition) is 4. The van der Waals surface area contributed by atoms with Gasteiger partial charge >= 0.3 is 6.03 Å². The highest BCUT2D eigenvalue weighted by Crippen LogP contribution is 2.23. The van der Waals surface area contributed by atoms with E-state index in [4.69, 9.17) is 4.42 Å². The number of nitrogens with zero attached hydrogens (tertiary/aromatic N) is 3. The molecule has 1 aliphatic rings. The predicted molar refractivity (Wildman–Crippen MR) is 109 cm³/mol. The fourth-order valence-electron chi connectivity index (χ4n) is 3.47. The van der Waals surface area contributed by atoms with Crippen molar-refractivity contribution in [2.45, 2.75) is 26.4 Å². The number of carbonyl (C=O) groups excluding carboxylic acids is 2. The maximum atomic E-state index is 12.6. The second-order valence-electron chi connectivity index (χ2n) is 7.40. The number of carbonyl (C=O) groups is 2. The normalized spacial score (nSPS) is 16.8. The van der Waals surface area contributed by atoms with Crippen molar-refractivity contribution in [3.05, 3.63) is 53.5 Å². The maximum absolute atomic E-state index is 12.6. The van der Waals surface area contributed by atoms with Crippen LogP contribution in [0.4, 0.5) is 10.5 Å². The fourth-order valence-corrected chi connectivity index (χ4v) is 3.47. The van der Waals surface area contributed by atoms with Gasteiger partial charge in [0.1, 0.15) is 5.76 Å². The van der Waals surface area contributed by atoms with E-state index in [9.17, 15) is 9.59 Å². The van der Waals surface area contributed by atoms with Crippen LogP contribution in [0.5, 0.6) is 0 Å². The molecule has 1 N–H and O–H groups in total. The van der Waals surface area contributed by atoms with Crippen LogP contribution in [0.1, 0.15) is 28.8 Å². The molecule has 2 aromatic rings. The third-order valence-corrected chi connectivity index (χ3v) is 5.04. The van der Waals surface area contributed by atoms with Crippen LogP contribution < -0.4 is 10.2 Å². The van der Waals surface area contributed by atoms with Crippen molar-refractivity contribution < 1.29 is 14.0 Å². The smallest absolute Gasteiger partial charge is 0.318 e. The number of aryl methyl sites for hydroxylation is 1. The molecule has 1 atom stereocenters. The monoisotopic (exact) mass is 384 g/mol. The van der Waals surface area contributed by atoms with Gasteiger partial charge in [0.2, 0.25) is 0 Å².